The van der Waals surface area contributed by atoms with E-state index >= 15 is 9.59 Å². The molecule has 0 bridgehead atoms. The molecule has 0 saturated carbocycles. The first-order valence-corrected chi connectivity index (χ1v) is 19.3. The Morgan fingerprint density at radius 1 is 0.483 bits per heavy atom. The van der Waals surface area contributed by atoms with Crippen LogP contribution < -0.4 is 38.2 Å². The van der Waals surface area contributed by atoms with Crippen molar-refractivity contribution in [3.63, 3.8) is 0 Å². The SMILES string of the molecule is COc1ccc(N2CCN(C(=O)[C@@H](Cc3cc(OC)c(O)c(OC)c3)[C@@H](Cc3cc(OC)c(O)c(OC)c3)C(=O)N3CCN(c4ccc(OC)cc4)CC3)CC2)cc1. The van der Waals surface area contributed by atoms with Gasteiger partial charge in [0.05, 0.1) is 54.5 Å². The molecule has 14 heteroatoms. The number of aromatic hydroxyl groups is 2. The van der Waals surface area contributed by atoms with E-state index in [0.717, 1.165) is 22.9 Å². The summed E-state index contributed by atoms with van der Waals surface area (Å²) in [5.41, 5.74) is 3.38. The van der Waals surface area contributed by atoms with Crippen LogP contribution in [-0.4, -0.2) is 127 Å². The number of piperazine rings is 2. The van der Waals surface area contributed by atoms with E-state index in [-0.39, 0.29) is 59.2 Å². The lowest BCUT2D eigenvalue weighted by Gasteiger charge is -2.41. The van der Waals surface area contributed by atoms with E-state index in [1.165, 1.54) is 28.4 Å². The first-order valence-electron chi connectivity index (χ1n) is 19.3. The van der Waals surface area contributed by atoms with Crippen LogP contribution >= 0.6 is 0 Å². The summed E-state index contributed by atoms with van der Waals surface area (Å²) < 4.78 is 32.7. The highest BCUT2D eigenvalue weighted by atomic mass is 16.5. The van der Waals surface area contributed by atoms with Gasteiger partial charge >= 0.3 is 0 Å². The second-order valence-electron chi connectivity index (χ2n) is 14.3. The Hall–Kier alpha value is -6.18. The molecule has 6 rings (SSSR count). The molecule has 0 radical (unpaired) electrons. The summed E-state index contributed by atoms with van der Waals surface area (Å²) in [4.78, 5) is 38.4. The van der Waals surface area contributed by atoms with E-state index in [9.17, 15) is 10.2 Å². The van der Waals surface area contributed by atoms with Gasteiger partial charge in [0, 0.05) is 63.7 Å². The topological polar surface area (TPSA) is 143 Å². The number of amides is 2. The van der Waals surface area contributed by atoms with Gasteiger partial charge in [-0.1, -0.05) is 0 Å². The number of benzene rings is 4. The number of nitrogens with zero attached hydrogens (tertiary/aromatic N) is 4. The van der Waals surface area contributed by atoms with E-state index in [0.29, 0.717) is 63.5 Å². The molecular weight excluding hydrogens is 745 g/mol. The van der Waals surface area contributed by atoms with Gasteiger partial charge < -0.3 is 58.2 Å². The van der Waals surface area contributed by atoms with Gasteiger partial charge in [0.1, 0.15) is 11.5 Å². The zero-order valence-electron chi connectivity index (χ0n) is 34.1. The van der Waals surface area contributed by atoms with Gasteiger partial charge in [0.15, 0.2) is 23.0 Å². The van der Waals surface area contributed by atoms with E-state index in [1.807, 2.05) is 58.3 Å². The Morgan fingerprint density at radius 3 is 1.03 bits per heavy atom. The zero-order chi connectivity index (χ0) is 41.3. The fourth-order valence-corrected chi connectivity index (χ4v) is 7.87. The summed E-state index contributed by atoms with van der Waals surface area (Å²) in [5.74, 6) is -0.00436. The van der Waals surface area contributed by atoms with Gasteiger partial charge in [-0.25, -0.2) is 0 Å². The van der Waals surface area contributed by atoms with Gasteiger partial charge in [-0.2, -0.15) is 0 Å². The van der Waals surface area contributed by atoms with E-state index in [4.69, 9.17) is 28.4 Å². The molecule has 310 valence electrons. The Kier molecular flexibility index (Phi) is 13.5. The summed E-state index contributed by atoms with van der Waals surface area (Å²) in [6.45, 7) is 4.21. The molecule has 2 atom stereocenters. The predicted octanol–water partition coefficient (Wildman–Crippen LogP) is 4.86. The largest absolute Gasteiger partial charge is 0.502 e. The minimum atomic E-state index is -0.843. The minimum absolute atomic E-state index is 0.152. The van der Waals surface area contributed by atoms with E-state index in [2.05, 4.69) is 9.80 Å². The van der Waals surface area contributed by atoms with E-state index in [1.54, 1.807) is 38.5 Å². The standard InChI is InChI=1S/C44H54N4O10/c1-53-33-11-7-31(8-12-33)45-15-19-47(20-16-45)43(51)35(23-29-25-37(55-3)41(49)38(26-29)56-4)36(24-30-27-39(57-5)42(50)40(28-30)58-6)44(52)48-21-17-46(18-22-48)32-9-13-34(54-2)14-10-32/h7-14,25-28,35-36,49-50H,15-24H2,1-6H3/t35-,36+. The van der Waals surface area contributed by atoms with Gasteiger partial charge in [-0.05, 0) is 96.8 Å². The molecule has 2 heterocycles. The van der Waals surface area contributed by atoms with Gasteiger partial charge in [0.2, 0.25) is 23.3 Å². The molecular formula is C44H54N4O10. The second kappa shape index (κ2) is 18.8. The fraction of sp³-hybridized carbons (Fsp3) is 0.409. The van der Waals surface area contributed by atoms with Crippen LogP contribution in [0.4, 0.5) is 11.4 Å². The first kappa shape index (κ1) is 41.5. The van der Waals surface area contributed by atoms with Gasteiger partial charge in [-0.3, -0.25) is 9.59 Å². The van der Waals surface area contributed by atoms with Crippen LogP contribution in [0.2, 0.25) is 0 Å². The van der Waals surface area contributed by atoms with Crippen molar-refractivity contribution in [2.75, 3.05) is 105 Å². The third-order valence-electron chi connectivity index (χ3n) is 11.2. The number of anilines is 2. The molecule has 0 aliphatic carbocycles. The van der Waals surface area contributed by atoms with Gasteiger partial charge in [0.25, 0.3) is 0 Å². The lowest BCUT2D eigenvalue weighted by molar-refractivity contribution is -0.146. The fourth-order valence-electron chi connectivity index (χ4n) is 7.87. The number of phenols is 2. The van der Waals surface area contributed by atoms with Crippen molar-refractivity contribution in [2.24, 2.45) is 11.8 Å². The van der Waals surface area contributed by atoms with Crippen molar-refractivity contribution < 1.29 is 48.2 Å². The Labute approximate surface area is 340 Å². The predicted molar refractivity (Wildman–Crippen MR) is 220 cm³/mol. The summed E-state index contributed by atoms with van der Waals surface area (Å²) in [6, 6.07) is 22.4. The Bertz CT molecular complexity index is 1820. The highest BCUT2D eigenvalue weighted by Gasteiger charge is 2.40. The van der Waals surface area contributed by atoms with Crippen molar-refractivity contribution >= 4 is 23.2 Å². The third kappa shape index (κ3) is 9.17. The van der Waals surface area contributed by atoms with Crippen LogP contribution in [0.15, 0.2) is 72.8 Å². The van der Waals surface area contributed by atoms with Crippen molar-refractivity contribution in [3.05, 3.63) is 83.9 Å². The lowest BCUT2D eigenvalue weighted by Crippen LogP contribution is -2.55. The van der Waals surface area contributed by atoms with Crippen LogP contribution in [0.3, 0.4) is 0 Å². The molecule has 2 amide bonds. The average molecular weight is 799 g/mol. The molecule has 4 aromatic rings. The summed E-state index contributed by atoms with van der Waals surface area (Å²) in [6.07, 6.45) is 0.304. The van der Waals surface area contributed by atoms with Crippen LogP contribution in [0.1, 0.15) is 11.1 Å². The molecule has 2 aliphatic heterocycles. The van der Waals surface area contributed by atoms with Crippen molar-refractivity contribution in [1.29, 1.82) is 0 Å². The molecule has 0 spiro atoms. The maximum absolute atomic E-state index is 15.1. The molecule has 0 unspecified atom stereocenters. The second-order valence-corrected chi connectivity index (χ2v) is 14.3. The highest BCUT2D eigenvalue weighted by Crippen LogP contribution is 2.41. The number of carbonyl (C=O) groups excluding carboxylic acids is 2. The van der Waals surface area contributed by atoms with E-state index < -0.39 is 11.8 Å². The summed E-state index contributed by atoms with van der Waals surface area (Å²) in [5, 5.41) is 21.5. The van der Waals surface area contributed by atoms with Crippen molar-refractivity contribution in [3.8, 4) is 46.0 Å². The maximum atomic E-state index is 15.1. The normalized spacial score (nSPS) is 15.3. The summed E-state index contributed by atoms with van der Waals surface area (Å²) >= 11 is 0. The first-order chi connectivity index (χ1) is 28.1. The lowest BCUT2D eigenvalue weighted by atomic mass is 9.80. The molecule has 0 aromatic heterocycles. The Balaban J connectivity index is 1.35. The maximum Gasteiger partial charge on any atom is 0.226 e. The van der Waals surface area contributed by atoms with Gasteiger partial charge in [-0.15, -0.1) is 0 Å². The molecule has 2 fully saturated rings. The molecule has 58 heavy (non-hydrogen) atoms. The van der Waals surface area contributed by atoms with Crippen LogP contribution in [0.25, 0.3) is 0 Å². The third-order valence-corrected chi connectivity index (χ3v) is 11.2. The summed E-state index contributed by atoms with van der Waals surface area (Å²) in [7, 11) is 9.07. The number of ether oxygens (including phenoxy) is 6. The number of methoxy groups -OCH3 is 6. The average Bonchev–Trinajstić information content (AvgIpc) is 3.28. The smallest absolute Gasteiger partial charge is 0.226 e. The molecule has 2 N–H and O–H groups in total. The molecule has 2 saturated heterocycles. The van der Waals surface area contributed by atoms with Crippen molar-refractivity contribution in [1.82, 2.24) is 9.80 Å². The quantitative estimate of drug-likeness (QED) is 0.170. The van der Waals surface area contributed by atoms with Crippen molar-refractivity contribution in [2.45, 2.75) is 12.8 Å². The highest BCUT2D eigenvalue weighted by molar-refractivity contribution is 5.89. The van der Waals surface area contributed by atoms with Crippen LogP contribution in [-0.2, 0) is 22.4 Å². The molecule has 14 nitrogen and oxygen atoms in total. The number of hydrogen-bond donors (Lipinski definition) is 2. The number of carbonyl (C=O) groups is 2. The van der Waals surface area contributed by atoms with Crippen LogP contribution in [0, 0.1) is 11.8 Å². The number of phenolic OH excluding ortho intramolecular Hbond substituents is 2. The minimum Gasteiger partial charge on any atom is -0.502 e. The Morgan fingerprint density at radius 2 is 0.776 bits per heavy atom. The number of rotatable bonds is 15. The number of hydrogen-bond acceptors (Lipinski definition) is 12. The monoisotopic (exact) mass is 798 g/mol. The molecule has 2 aliphatic rings. The zero-order valence-corrected chi connectivity index (χ0v) is 34.1. The molecule has 4 aromatic carbocycles. The van der Waals surface area contributed by atoms with Crippen LogP contribution in [0.5, 0.6) is 46.0 Å².